The van der Waals surface area contributed by atoms with Crippen molar-refractivity contribution in [2.24, 2.45) is 5.92 Å². The van der Waals surface area contributed by atoms with Crippen molar-refractivity contribution in [3.8, 4) is 17.2 Å². The number of nitrogens with one attached hydrogen (secondary N) is 1. The Kier molecular flexibility index (Phi) is 4.22. The van der Waals surface area contributed by atoms with E-state index in [1.807, 2.05) is 6.07 Å². The zero-order chi connectivity index (χ0) is 13.9. The number of benzene rings is 1. The first kappa shape index (κ1) is 13.8. The number of methoxy groups -OCH3 is 1. The van der Waals surface area contributed by atoms with Gasteiger partial charge in [-0.3, -0.25) is 0 Å². The molecular weight excluding hydrogens is 278 g/mol. The third-order valence-electron chi connectivity index (χ3n) is 3.92. The predicted octanol–water partition coefficient (Wildman–Crippen LogP) is 2.66. The van der Waals surface area contributed by atoms with E-state index in [-0.39, 0.29) is 0 Å². The van der Waals surface area contributed by atoms with Gasteiger partial charge in [0, 0.05) is 0 Å². The van der Waals surface area contributed by atoms with Crippen LogP contribution >= 0.6 is 11.6 Å². The van der Waals surface area contributed by atoms with Gasteiger partial charge in [-0.25, -0.2) is 0 Å². The fourth-order valence-electron chi connectivity index (χ4n) is 2.96. The van der Waals surface area contributed by atoms with Crippen LogP contribution in [0.3, 0.4) is 0 Å². The van der Waals surface area contributed by atoms with E-state index in [2.05, 4.69) is 5.32 Å². The molecule has 1 fully saturated rings. The van der Waals surface area contributed by atoms with Gasteiger partial charge in [0.1, 0.15) is 24.0 Å². The summed E-state index contributed by atoms with van der Waals surface area (Å²) in [5, 5.41) is 3.97. The maximum Gasteiger partial charge on any atom is 0.183 e. The maximum atomic E-state index is 6.40. The highest BCUT2D eigenvalue weighted by Gasteiger charge is 2.24. The van der Waals surface area contributed by atoms with Crippen molar-refractivity contribution in [1.29, 1.82) is 0 Å². The summed E-state index contributed by atoms with van der Waals surface area (Å²) in [4.78, 5) is 0. The van der Waals surface area contributed by atoms with Gasteiger partial charge in [0.2, 0.25) is 0 Å². The van der Waals surface area contributed by atoms with Gasteiger partial charge in [0.05, 0.1) is 7.11 Å². The molecule has 1 aromatic carbocycles. The minimum absolute atomic E-state index is 0.530. The van der Waals surface area contributed by atoms with Gasteiger partial charge in [-0.15, -0.1) is 0 Å². The Morgan fingerprint density at radius 3 is 3.00 bits per heavy atom. The van der Waals surface area contributed by atoms with Gasteiger partial charge in [-0.05, 0) is 49.9 Å². The molecule has 4 nitrogen and oxygen atoms in total. The van der Waals surface area contributed by atoms with Crippen molar-refractivity contribution in [2.45, 2.75) is 19.3 Å². The summed E-state index contributed by atoms with van der Waals surface area (Å²) in [5.74, 6) is 2.69. The lowest BCUT2D eigenvalue weighted by Crippen LogP contribution is -2.31. The summed E-state index contributed by atoms with van der Waals surface area (Å²) < 4.78 is 16.7. The molecule has 20 heavy (non-hydrogen) atoms. The molecule has 1 atom stereocenters. The molecule has 0 amide bonds. The zero-order valence-electron chi connectivity index (χ0n) is 11.7. The monoisotopic (exact) mass is 297 g/mol. The predicted molar refractivity (Wildman–Crippen MR) is 78.3 cm³/mol. The van der Waals surface area contributed by atoms with Crippen LogP contribution in [-0.4, -0.2) is 33.4 Å². The Morgan fingerprint density at radius 1 is 1.40 bits per heavy atom. The van der Waals surface area contributed by atoms with E-state index in [0.29, 0.717) is 29.9 Å². The number of hydrogen-bond donors (Lipinski definition) is 1. The van der Waals surface area contributed by atoms with Gasteiger partial charge < -0.3 is 19.5 Å². The van der Waals surface area contributed by atoms with Gasteiger partial charge >= 0.3 is 0 Å². The Bertz CT molecular complexity index is 486. The van der Waals surface area contributed by atoms with E-state index < -0.39 is 0 Å². The topological polar surface area (TPSA) is 39.7 Å². The van der Waals surface area contributed by atoms with Crippen LogP contribution in [0.15, 0.2) is 6.07 Å². The van der Waals surface area contributed by atoms with Crippen molar-refractivity contribution in [3.63, 3.8) is 0 Å². The second-order valence-corrected chi connectivity index (χ2v) is 5.70. The summed E-state index contributed by atoms with van der Waals surface area (Å²) in [6.07, 6.45) is 3.42. The first-order valence-corrected chi connectivity index (χ1v) is 7.53. The van der Waals surface area contributed by atoms with E-state index in [9.17, 15) is 0 Å². The molecule has 3 rings (SSSR count). The highest BCUT2D eigenvalue weighted by molar-refractivity contribution is 6.34. The van der Waals surface area contributed by atoms with Crippen molar-refractivity contribution in [3.05, 3.63) is 16.7 Å². The van der Waals surface area contributed by atoms with Crippen LogP contribution in [-0.2, 0) is 6.42 Å². The molecule has 2 aliphatic heterocycles. The fourth-order valence-corrected chi connectivity index (χ4v) is 3.31. The largest absolute Gasteiger partial charge is 0.495 e. The summed E-state index contributed by atoms with van der Waals surface area (Å²) in [6, 6.07) is 2.02. The molecule has 1 unspecified atom stereocenters. The quantitative estimate of drug-likeness (QED) is 0.931. The summed E-state index contributed by atoms with van der Waals surface area (Å²) in [7, 11) is 1.65. The Morgan fingerprint density at radius 2 is 2.25 bits per heavy atom. The SMILES string of the molecule is COc1c(CC2CCCNC2)cc2c(c1Cl)OCCO2. The van der Waals surface area contributed by atoms with Gasteiger partial charge in [0.25, 0.3) is 0 Å². The Hall–Kier alpha value is -1.13. The van der Waals surface area contributed by atoms with E-state index in [1.165, 1.54) is 12.8 Å². The number of piperidine rings is 1. The molecule has 2 heterocycles. The molecule has 0 spiro atoms. The molecule has 0 saturated carbocycles. The average Bonchev–Trinajstić information content (AvgIpc) is 2.49. The molecule has 2 aliphatic rings. The molecule has 0 radical (unpaired) electrons. The third-order valence-corrected chi connectivity index (χ3v) is 4.26. The van der Waals surface area contributed by atoms with Crippen LogP contribution in [0.1, 0.15) is 18.4 Å². The van der Waals surface area contributed by atoms with Crippen molar-refractivity contribution in [2.75, 3.05) is 33.4 Å². The summed E-state index contributed by atoms with van der Waals surface area (Å²) >= 11 is 6.40. The standard InChI is InChI=1S/C15H20ClNO3/c1-18-14-11(7-10-3-2-4-17-9-10)8-12-15(13(14)16)20-6-5-19-12/h8,10,17H,2-7,9H2,1H3. The minimum atomic E-state index is 0.530. The molecule has 1 aromatic rings. The van der Waals surface area contributed by atoms with Crippen LogP contribution in [0.25, 0.3) is 0 Å². The number of hydrogen-bond acceptors (Lipinski definition) is 4. The molecule has 0 aromatic heterocycles. The van der Waals surface area contributed by atoms with E-state index in [1.54, 1.807) is 7.11 Å². The molecule has 5 heteroatoms. The number of rotatable bonds is 3. The van der Waals surface area contributed by atoms with Crippen molar-refractivity contribution in [1.82, 2.24) is 5.32 Å². The van der Waals surface area contributed by atoms with Crippen LogP contribution in [0.2, 0.25) is 5.02 Å². The van der Waals surface area contributed by atoms with Crippen LogP contribution in [0, 0.1) is 5.92 Å². The Balaban J connectivity index is 1.90. The van der Waals surface area contributed by atoms with Crippen molar-refractivity contribution < 1.29 is 14.2 Å². The number of halogens is 1. The van der Waals surface area contributed by atoms with Gasteiger partial charge in [-0.1, -0.05) is 11.6 Å². The van der Waals surface area contributed by atoms with E-state index >= 15 is 0 Å². The fraction of sp³-hybridized carbons (Fsp3) is 0.600. The lowest BCUT2D eigenvalue weighted by atomic mass is 9.91. The molecule has 0 bridgehead atoms. The smallest absolute Gasteiger partial charge is 0.183 e. The van der Waals surface area contributed by atoms with E-state index in [0.717, 1.165) is 36.6 Å². The number of ether oxygens (including phenoxy) is 3. The normalized spacial score (nSPS) is 21.6. The second kappa shape index (κ2) is 6.10. The van der Waals surface area contributed by atoms with Crippen LogP contribution in [0.5, 0.6) is 17.2 Å². The minimum Gasteiger partial charge on any atom is -0.495 e. The van der Waals surface area contributed by atoms with Crippen molar-refractivity contribution >= 4 is 11.6 Å². The maximum absolute atomic E-state index is 6.40. The van der Waals surface area contributed by atoms with E-state index in [4.69, 9.17) is 25.8 Å². The van der Waals surface area contributed by atoms with Crippen LogP contribution < -0.4 is 19.5 Å². The molecule has 110 valence electrons. The highest BCUT2D eigenvalue weighted by atomic mass is 35.5. The number of fused-ring (bicyclic) bond motifs is 1. The molecular formula is C15H20ClNO3. The lowest BCUT2D eigenvalue weighted by Gasteiger charge is -2.26. The lowest BCUT2D eigenvalue weighted by molar-refractivity contribution is 0.170. The van der Waals surface area contributed by atoms with Gasteiger partial charge in [0.15, 0.2) is 11.5 Å². The molecule has 1 N–H and O–H groups in total. The molecule has 1 saturated heterocycles. The summed E-state index contributed by atoms with van der Waals surface area (Å²) in [6.45, 7) is 3.27. The first-order valence-electron chi connectivity index (χ1n) is 7.15. The third kappa shape index (κ3) is 2.67. The Labute approximate surface area is 124 Å². The first-order chi connectivity index (χ1) is 9.79. The van der Waals surface area contributed by atoms with Crippen LogP contribution in [0.4, 0.5) is 0 Å². The molecule has 0 aliphatic carbocycles. The highest BCUT2D eigenvalue weighted by Crippen LogP contribution is 2.46. The summed E-state index contributed by atoms with van der Waals surface area (Å²) in [5.41, 5.74) is 1.11. The second-order valence-electron chi connectivity index (χ2n) is 5.32. The average molecular weight is 298 g/mol. The van der Waals surface area contributed by atoms with Gasteiger partial charge in [-0.2, -0.15) is 0 Å². The zero-order valence-corrected chi connectivity index (χ0v) is 12.5.